The number of aliphatic imine (C=N–C) groups is 1. The summed E-state index contributed by atoms with van der Waals surface area (Å²) in [6.07, 6.45) is 3.96. The van der Waals surface area contributed by atoms with Crippen molar-refractivity contribution in [1.82, 2.24) is 5.32 Å². The maximum Gasteiger partial charge on any atom is 0.269 e. The Kier molecular flexibility index (Phi) is 3.02. The van der Waals surface area contributed by atoms with Crippen LogP contribution < -0.4 is 5.32 Å². The van der Waals surface area contributed by atoms with Crippen LogP contribution >= 0.6 is 0 Å². The normalized spacial score (nSPS) is 17.2. The molecule has 3 nitrogen and oxygen atoms in total. The van der Waals surface area contributed by atoms with E-state index < -0.39 is 0 Å². The molecule has 0 radical (unpaired) electrons. The lowest BCUT2D eigenvalue weighted by molar-refractivity contribution is -0.114. The third-order valence-corrected chi connectivity index (χ3v) is 1.92. The highest BCUT2D eigenvalue weighted by molar-refractivity contribution is 6.43. The number of nitrogens with one attached hydrogen (secondary N) is 1. The minimum atomic E-state index is -0.112. The molecular formula is C9H14N2O. The molecule has 0 bridgehead atoms. The van der Waals surface area contributed by atoms with E-state index in [2.05, 4.69) is 16.9 Å². The van der Waals surface area contributed by atoms with Crippen LogP contribution in [0.5, 0.6) is 0 Å². The largest absolute Gasteiger partial charge is 0.350 e. The molecule has 0 heterocycles. The molecule has 0 unspecified atom stereocenters. The van der Waals surface area contributed by atoms with Crippen LogP contribution in [0.1, 0.15) is 12.8 Å². The van der Waals surface area contributed by atoms with Crippen LogP contribution in [0.2, 0.25) is 0 Å². The zero-order chi connectivity index (χ0) is 8.97. The first kappa shape index (κ1) is 8.97. The molecule has 1 N–H and O–H groups in total. The van der Waals surface area contributed by atoms with Crippen LogP contribution in [0.15, 0.2) is 17.6 Å². The van der Waals surface area contributed by atoms with Crippen molar-refractivity contribution in [2.45, 2.75) is 12.8 Å². The van der Waals surface area contributed by atoms with E-state index in [1.807, 2.05) is 0 Å². The minimum Gasteiger partial charge on any atom is -0.350 e. The van der Waals surface area contributed by atoms with Crippen molar-refractivity contribution in [2.24, 2.45) is 10.9 Å². The van der Waals surface area contributed by atoms with Gasteiger partial charge in [-0.25, -0.2) is 0 Å². The molecule has 0 atom stereocenters. The molecule has 1 saturated carbocycles. The third kappa shape index (κ3) is 2.49. The summed E-state index contributed by atoms with van der Waals surface area (Å²) in [5, 5.41) is 2.81. The van der Waals surface area contributed by atoms with E-state index in [1.165, 1.54) is 18.9 Å². The summed E-state index contributed by atoms with van der Waals surface area (Å²) in [5.41, 5.74) is 0.413. The van der Waals surface area contributed by atoms with Crippen molar-refractivity contribution < 1.29 is 4.79 Å². The monoisotopic (exact) mass is 166 g/mol. The summed E-state index contributed by atoms with van der Waals surface area (Å²) in [5.74, 6) is 0.594. The number of nitrogens with zero attached hydrogens (tertiary/aromatic N) is 1. The second kappa shape index (κ2) is 4.04. The number of hydrogen-bond donors (Lipinski definition) is 1. The molecule has 1 fully saturated rings. The standard InChI is InChI=1S/C9H14N2O/c1-3-8(10-2)9(12)11-6-7-4-5-7/h3,7H,1,4-6H2,2H3,(H,11,12). The van der Waals surface area contributed by atoms with Crippen molar-refractivity contribution in [1.29, 1.82) is 0 Å². The first-order valence-electron chi connectivity index (χ1n) is 4.15. The summed E-state index contributed by atoms with van der Waals surface area (Å²) in [6, 6.07) is 0. The molecule has 1 rings (SSSR count). The van der Waals surface area contributed by atoms with E-state index in [-0.39, 0.29) is 5.91 Å². The molecule has 0 aromatic rings. The Morgan fingerprint density at radius 3 is 2.83 bits per heavy atom. The van der Waals surface area contributed by atoms with Gasteiger partial charge in [0, 0.05) is 13.6 Å². The quantitative estimate of drug-likeness (QED) is 0.616. The lowest BCUT2D eigenvalue weighted by atomic mass is 10.3. The fraction of sp³-hybridized carbons (Fsp3) is 0.556. The van der Waals surface area contributed by atoms with Crippen LogP contribution in [0.3, 0.4) is 0 Å². The predicted octanol–water partition coefficient (Wildman–Crippen LogP) is 0.769. The molecule has 0 saturated heterocycles. The van der Waals surface area contributed by atoms with E-state index in [1.54, 1.807) is 7.05 Å². The molecule has 0 aromatic carbocycles. The lowest BCUT2D eigenvalue weighted by Gasteiger charge is -2.02. The van der Waals surface area contributed by atoms with Crippen molar-refractivity contribution >= 4 is 11.6 Å². The number of hydrogen-bond acceptors (Lipinski definition) is 2. The number of carbonyl (C=O) groups excluding carboxylic acids is 1. The zero-order valence-corrected chi connectivity index (χ0v) is 7.34. The fourth-order valence-electron chi connectivity index (χ4n) is 0.935. The highest BCUT2D eigenvalue weighted by atomic mass is 16.1. The second-order valence-electron chi connectivity index (χ2n) is 2.97. The Bertz CT molecular complexity index is 217. The molecule has 1 amide bonds. The summed E-state index contributed by atoms with van der Waals surface area (Å²) in [6.45, 7) is 4.29. The van der Waals surface area contributed by atoms with Crippen molar-refractivity contribution in [3.8, 4) is 0 Å². The average molecular weight is 166 g/mol. The van der Waals surface area contributed by atoms with E-state index in [0.717, 1.165) is 6.54 Å². The second-order valence-corrected chi connectivity index (χ2v) is 2.97. The highest BCUT2D eigenvalue weighted by Gasteiger charge is 2.21. The minimum absolute atomic E-state index is 0.112. The summed E-state index contributed by atoms with van der Waals surface area (Å²) >= 11 is 0. The molecule has 0 aliphatic heterocycles. The van der Waals surface area contributed by atoms with Gasteiger partial charge in [0.2, 0.25) is 0 Å². The van der Waals surface area contributed by atoms with Crippen molar-refractivity contribution in [3.63, 3.8) is 0 Å². The number of rotatable bonds is 4. The van der Waals surface area contributed by atoms with Gasteiger partial charge in [-0.05, 0) is 24.8 Å². The Morgan fingerprint density at radius 1 is 1.75 bits per heavy atom. The van der Waals surface area contributed by atoms with E-state index in [4.69, 9.17) is 0 Å². The maximum absolute atomic E-state index is 11.2. The molecule has 0 spiro atoms. The van der Waals surface area contributed by atoms with Crippen LogP contribution in [-0.2, 0) is 4.79 Å². The van der Waals surface area contributed by atoms with Crippen molar-refractivity contribution in [3.05, 3.63) is 12.7 Å². The molecule has 1 aliphatic rings. The van der Waals surface area contributed by atoms with E-state index >= 15 is 0 Å². The van der Waals surface area contributed by atoms with Gasteiger partial charge in [-0.2, -0.15) is 0 Å². The van der Waals surface area contributed by atoms with Crippen molar-refractivity contribution in [2.75, 3.05) is 13.6 Å². The Morgan fingerprint density at radius 2 is 2.42 bits per heavy atom. The fourth-order valence-corrected chi connectivity index (χ4v) is 0.935. The Hall–Kier alpha value is -1.12. The average Bonchev–Trinajstić information content (AvgIpc) is 2.86. The topological polar surface area (TPSA) is 41.5 Å². The molecule has 1 aliphatic carbocycles. The van der Waals surface area contributed by atoms with Gasteiger partial charge in [-0.1, -0.05) is 6.58 Å². The Labute approximate surface area is 72.6 Å². The van der Waals surface area contributed by atoms with Gasteiger partial charge >= 0.3 is 0 Å². The number of carbonyl (C=O) groups is 1. The zero-order valence-electron chi connectivity index (χ0n) is 7.34. The molecule has 66 valence electrons. The third-order valence-electron chi connectivity index (χ3n) is 1.92. The highest BCUT2D eigenvalue weighted by Crippen LogP contribution is 2.27. The smallest absolute Gasteiger partial charge is 0.269 e. The lowest BCUT2D eigenvalue weighted by Crippen LogP contribution is -2.31. The SMILES string of the molecule is C=CC(=NC)C(=O)NCC1CC1. The van der Waals surface area contributed by atoms with Gasteiger partial charge in [0.15, 0.2) is 0 Å². The van der Waals surface area contributed by atoms with Gasteiger partial charge in [0.1, 0.15) is 5.71 Å². The molecule has 12 heavy (non-hydrogen) atoms. The van der Waals surface area contributed by atoms with Crippen LogP contribution in [0.4, 0.5) is 0 Å². The predicted molar refractivity (Wildman–Crippen MR) is 49.3 cm³/mol. The molecule has 3 heteroatoms. The van der Waals surface area contributed by atoms with Crippen LogP contribution in [-0.4, -0.2) is 25.2 Å². The van der Waals surface area contributed by atoms with Crippen LogP contribution in [0, 0.1) is 5.92 Å². The molecule has 0 aromatic heterocycles. The number of amides is 1. The first-order valence-corrected chi connectivity index (χ1v) is 4.15. The Balaban J connectivity index is 2.29. The van der Waals surface area contributed by atoms with E-state index in [0.29, 0.717) is 11.6 Å². The molecular weight excluding hydrogens is 152 g/mol. The van der Waals surface area contributed by atoms with Gasteiger partial charge in [-0.3, -0.25) is 9.79 Å². The van der Waals surface area contributed by atoms with E-state index in [9.17, 15) is 4.79 Å². The van der Waals surface area contributed by atoms with Gasteiger partial charge in [0.05, 0.1) is 0 Å². The summed E-state index contributed by atoms with van der Waals surface area (Å²) in [7, 11) is 1.59. The van der Waals surface area contributed by atoms with Crippen LogP contribution in [0.25, 0.3) is 0 Å². The first-order chi connectivity index (χ1) is 5.77. The summed E-state index contributed by atoms with van der Waals surface area (Å²) < 4.78 is 0. The van der Waals surface area contributed by atoms with Gasteiger partial charge in [-0.15, -0.1) is 0 Å². The van der Waals surface area contributed by atoms with Gasteiger partial charge in [0.25, 0.3) is 5.91 Å². The maximum atomic E-state index is 11.2. The van der Waals surface area contributed by atoms with Gasteiger partial charge < -0.3 is 5.32 Å². The summed E-state index contributed by atoms with van der Waals surface area (Å²) in [4.78, 5) is 15.0.